The van der Waals surface area contributed by atoms with Crippen LogP contribution in [0.15, 0.2) is 30.5 Å². The van der Waals surface area contributed by atoms with Gasteiger partial charge in [0.1, 0.15) is 11.9 Å². The van der Waals surface area contributed by atoms with Crippen molar-refractivity contribution in [1.82, 2.24) is 14.4 Å². The summed E-state index contributed by atoms with van der Waals surface area (Å²) < 4.78 is 13.9. The van der Waals surface area contributed by atoms with Gasteiger partial charge in [0.05, 0.1) is 18.2 Å². The van der Waals surface area contributed by atoms with E-state index in [0.29, 0.717) is 12.5 Å². The number of likely N-dealkylation sites (N-methyl/N-ethyl adjacent to an activating group) is 1. The molecule has 0 bridgehead atoms. The topological polar surface area (TPSA) is 46.9 Å². The van der Waals surface area contributed by atoms with Crippen LogP contribution in [0.3, 0.4) is 0 Å². The zero-order valence-electron chi connectivity index (χ0n) is 17.7. The monoisotopic (exact) mass is 399 g/mol. The molecule has 1 aromatic carbocycles. The number of ether oxygens (including phenoxy) is 2. The van der Waals surface area contributed by atoms with E-state index in [9.17, 15) is 4.79 Å². The lowest BCUT2D eigenvalue weighted by Crippen LogP contribution is -2.50. The summed E-state index contributed by atoms with van der Waals surface area (Å²) in [6.07, 6.45) is 7.49. The van der Waals surface area contributed by atoms with Gasteiger partial charge in [-0.25, -0.2) is 0 Å². The fourth-order valence-electron chi connectivity index (χ4n) is 4.68. The number of methoxy groups -OCH3 is 1. The first kappa shape index (κ1) is 20.2. The van der Waals surface area contributed by atoms with E-state index in [1.807, 2.05) is 11.9 Å². The van der Waals surface area contributed by atoms with Gasteiger partial charge in [0, 0.05) is 51.9 Å². The van der Waals surface area contributed by atoms with Crippen molar-refractivity contribution in [2.45, 2.75) is 50.8 Å². The van der Waals surface area contributed by atoms with Crippen LogP contribution < -0.4 is 4.74 Å². The Bertz CT molecular complexity index is 826. The largest absolute Gasteiger partial charge is 0.490 e. The maximum atomic E-state index is 12.7. The molecule has 0 spiro atoms. The van der Waals surface area contributed by atoms with Crippen LogP contribution in [-0.4, -0.2) is 72.8 Å². The van der Waals surface area contributed by atoms with Crippen molar-refractivity contribution in [1.29, 1.82) is 0 Å². The summed E-state index contributed by atoms with van der Waals surface area (Å²) in [6, 6.07) is 8.46. The molecular formula is C23H33N3O3. The van der Waals surface area contributed by atoms with Gasteiger partial charge in [-0.3, -0.25) is 9.69 Å². The minimum absolute atomic E-state index is 0.0571. The molecule has 2 aliphatic rings. The number of rotatable bonds is 6. The van der Waals surface area contributed by atoms with Gasteiger partial charge in [0.15, 0.2) is 0 Å². The average Bonchev–Trinajstić information content (AvgIpc) is 3.09. The van der Waals surface area contributed by atoms with Crippen LogP contribution >= 0.6 is 0 Å². The highest BCUT2D eigenvalue weighted by Gasteiger charge is 2.33. The molecule has 2 aliphatic heterocycles. The maximum Gasteiger partial charge on any atom is 0.239 e. The highest BCUT2D eigenvalue weighted by molar-refractivity contribution is 5.86. The van der Waals surface area contributed by atoms with Gasteiger partial charge in [-0.1, -0.05) is 6.07 Å². The number of benzene rings is 1. The lowest BCUT2D eigenvalue weighted by molar-refractivity contribution is -0.135. The van der Waals surface area contributed by atoms with Crippen molar-refractivity contribution >= 4 is 16.8 Å². The van der Waals surface area contributed by atoms with Crippen molar-refractivity contribution in [3.05, 3.63) is 30.5 Å². The second-order valence-electron chi connectivity index (χ2n) is 8.32. The first-order chi connectivity index (χ1) is 14.2. The summed E-state index contributed by atoms with van der Waals surface area (Å²) in [5.74, 6) is 1.26. The number of aromatic nitrogens is 1. The first-order valence-corrected chi connectivity index (χ1v) is 10.9. The zero-order valence-corrected chi connectivity index (χ0v) is 17.7. The van der Waals surface area contributed by atoms with Crippen molar-refractivity contribution in [3.63, 3.8) is 0 Å². The van der Waals surface area contributed by atoms with E-state index in [0.717, 1.165) is 69.4 Å². The maximum absolute atomic E-state index is 12.7. The van der Waals surface area contributed by atoms with Crippen molar-refractivity contribution < 1.29 is 14.3 Å². The van der Waals surface area contributed by atoms with Gasteiger partial charge in [-0.05, 0) is 50.3 Å². The molecule has 2 aromatic rings. The van der Waals surface area contributed by atoms with Crippen LogP contribution in [0, 0.1) is 0 Å². The highest BCUT2D eigenvalue weighted by Crippen LogP contribution is 2.30. The molecule has 4 rings (SSSR count). The SMILES string of the molecule is COCCn1ccc2c(OC3CCN(C4CCCCN(C)C4=O)CC3)cccc21. The van der Waals surface area contributed by atoms with E-state index in [1.165, 1.54) is 5.52 Å². The van der Waals surface area contributed by atoms with Crippen molar-refractivity contribution in [3.8, 4) is 5.75 Å². The molecule has 0 saturated carbocycles. The zero-order chi connectivity index (χ0) is 20.2. The summed E-state index contributed by atoms with van der Waals surface area (Å²) in [5, 5.41) is 1.16. The summed E-state index contributed by atoms with van der Waals surface area (Å²) >= 11 is 0. The Morgan fingerprint density at radius 1 is 1.07 bits per heavy atom. The minimum Gasteiger partial charge on any atom is -0.490 e. The Hall–Kier alpha value is -2.05. The molecule has 1 atom stereocenters. The molecule has 29 heavy (non-hydrogen) atoms. The third-order valence-corrected chi connectivity index (χ3v) is 6.40. The Kier molecular flexibility index (Phi) is 6.40. The van der Waals surface area contributed by atoms with Gasteiger partial charge >= 0.3 is 0 Å². The number of fused-ring (bicyclic) bond motifs is 1. The summed E-state index contributed by atoms with van der Waals surface area (Å²) in [7, 11) is 3.67. The van der Waals surface area contributed by atoms with Crippen LogP contribution in [0.2, 0.25) is 0 Å². The number of nitrogens with zero attached hydrogens (tertiary/aromatic N) is 3. The fourth-order valence-corrected chi connectivity index (χ4v) is 4.68. The minimum atomic E-state index is 0.0571. The van der Waals surface area contributed by atoms with Gasteiger partial charge in [0.2, 0.25) is 5.91 Å². The van der Waals surface area contributed by atoms with Crippen molar-refractivity contribution in [2.24, 2.45) is 0 Å². The highest BCUT2D eigenvalue weighted by atomic mass is 16.5. The number of likely N-dealkylation sites (tertiary alicyclic amines) is 2. The molecule has 0 radical (unpaired) electrons. The van der Waals surface area contributed by atoms with Crippen molar-refractivity contribution in [2.75, 3.05) is 40.4 Å². The third kappa shape index (κ3) is 4.43. The van der Waals surface area contributed by atoms with Crippen LogP contribution in [-0.2, 0) is 16.1 Å². The Morgan fingerprint density at radius 3 is 2.69 bits per heavy atom. The summed E-state index contributed by atoms with van der Waals surface area (Å²) in [4.78, 5) is 17.0. The second-order valence-corrected chi connectivity index (χ2v) is 8.32. The van der Waals surface area contributed by atoms with E-state index >= 15 is 0 Å². The fraction of sp³-hybridized carbons (Fsp3) is 0.609. The smallest absolute Gasteiger partial charge is 0.239 e. The molecule has 158 valence electrons. The number of piperidine rings is 1. The molecule has 2 saturated heterocycles. The Balaban J connectivity index is 1.38. The predicted octanol–water partition coefficient (Wildman–Crippen LogP) is 3.14. The average molecular weight is 400 g/mol. The van der Waals surface area contributed by atoms with E-state index < -0.39 is 0 Å². The lowest BCUT2D eigenvalue weighted by atomic mass is 10.0. The molecule has 1 aromatic heterocycles. The quantitative estimate of drug-likeness (QED) is 0.749. The van der Waals surface area contributed by atoms with Gasteiger partial charge in [0.25, 0.3) is 0 Å². The summed E-state index contributed by atoms with van der Waals surface area (Å²) in [6.45, 7) is 4.29. The van der Waals surface area contributed by atoms with Gasteiger partial charge < -0.3 is 18.9 Å². The summed E-state index contributed by atoms with van der Waals surface area (Å²) in [5.41, 5.74) is 1.18. The standard InChI is InChI=1S/C23H33N3O3/c1-24-12-4-3-6-21(23(24)27)25-13-9-18(10-14-25)29-22-8-5-7-20-19(22)11-15-26(20)16-17-28-2/h5,7-8,11,15,18,21H,3-4,6,9-10,12-14,16-17H2,1-2H3. The van der Waals surface area contributed by atoms with E-state index in [-0.39, 0.29) is 12.1 Å². The molecule has 6 nitrogen and oxygen atoms in total. The number of hydrogen-bond donors (Lipinski definition) is 0. The van der Waals surface area contributed by atoms with E-state index in [4.69, 9.17) is 9.47 Å². The molecule has 6 heteroatoms. The van der Waals surface area contributed by atoms with E-state index in [2.05, 4.69) is 39.9 Å². The normalized spacial score (nSPS) is 22.2. The Morgan fingerprint density at radius 2 is 1.90 bits per heavy atom. The van der Waals surface area contributed by atoms with E-state index in [1.54, 1.807) is 7.11 Å². The van der Waals surface area contributed by atoms with Gasteiger partial charge in [-0.2, -0.15) is 0 Å². The lowest BCUT2D eigenvalue weighted by Gasteiger charge is -2.37. The number of amides is 1. The van der Waals surface area contributed by atoms with Crippen LogP contribution in [0.5, 0.6) is 5.75 Å². The third-order valence-electron chi connectivity index (χ3n) is 6.40. The van der Waals surface area contributed by atoms with Crippen LogP contribution in [0.25, 0.3) is 10.9 Å². The molecule has 3 heterocycles. The van der Waals surface area contributed by atoms with Crippen LogP contribution in [0.1, 0.15) is 32.1 Å². The molecule has 0 aliphatic carbocycles. The molecule has 1 amide bonds. The first-order valence-electron chi connectivity index (χ1n) is 10.9. The van der Waals surface area contributed by atoms with Gasteiger partial charge in [-0.15, -0.1) is 0 Å². The molecule has 2 fully saturated rings. The van der Waals surface area contributed by atoms with Crippen LogP contribution in [0.4, 0.5) is 0 Å². The molecular weight excluding hydrogens is 366 g/mol. The second kappa shape index (κ2) is 9.18. The predicted molar refractivity (Wildman–Crippen MR) is 114 cm³/mol. The Labute approximate surface area is 173 Å². The molecule has 0 N–H and O–H groups in total. The number of hydrogen-bond acceptors (Lipinski definition) is 4. The number of carbonyl (C=O) groups excluding carboxylic acids is 1. The number of carbonyl (C=O) groups is 1. The molecule has 1 unspecified atom stereocenters.